The molecule has 2 aromatic carbocycles. The van der Waals surface area contributed by atoms with E-state index in [1.54, 1.807) is 18.2 Å². The zero-order valence-electron chi connectivity index (χ0n) is 22.2. The zero-order valence-corrected chi connectivity index (χ0v) is 23.8. The molecule has 1 atom stereocenters. The van der Waals surface area contributed by atoms with Crippen molar-refractivity contribution in [1.82, 2.24) is 4.31 Å². The summed E-state index contributed by atoms with van der Waals surface area (Å²) < 4.78 is 54.6. The van der Waals surface area contributed by atoms with Gasteiger partial charge in [-0.15, -0.1) is 0 Å². The number of piperidine rings is 1. The number of nitrogens with zero attached hydrogens (tertiary/aromatic N) is 3. The third-order valence-electron chi connectivity index (χ3n) is 7.40. The van der Waals surface area contributed by atoms with Crippen LogP contribution in [0.2, 0.25) is 0 Å². The number of fused-ring (bicyclic) bond motifs is 1. The summed E-state index contributed by atoms with van der Waals surface area (Å²) in [5, 5.41) is 10.9. The van der Waals surface area contributed by atoms with Crippen molar-refractivity contribution in [3.05, 3.63) is 53.6 Å². The SMILES string of the molecule is CCc1ccc(N(CC(C)C)S(=O)(=O)c2ccc3c(c2)C(O)CCN3C2CCN(S(C)(=O)=O)CC2)cc1. The van der Waals surface area contributed by atoms with Gasteiger partial charge in [0.05, 0.1) is 22.9 Å². The molecule has 0 amide bonds. The predicted octanol–water partition coefficient (Wildman–Crippen LogP) is 3.77. The number of hydrogen-bond acceptors (Lipinski definition) is 6. The maximum Gasteiger partial charge on any atom is 0.264 e. The van der Waals surface area contributed by atoms with Crippen LogP contribution in [0.4, 0.5) is 11.4 Å². The fourth-order valence-electron chi connectivity index (χ4n) is 5.32. The van der Waals surface area contributed by atoms with E-state index in [0.29, 0.717) is 56.7 Å². The van der Waals surface area contributed by atoms with Crippen LogP contribution in [0.25, 0.3) is 0 Å². The minimum atomic E-state index is -3.86. The lowest BCUT2D eigenvalue weighted by molar-refractivity contribution is 0.160. The molecule has 37 heavy (non-hydrogen) atoms. The first-order valence-corrected chi connectivity index (χ1v) is 16.4. The first kappa shape index (κ1) is 27.9. The second kappa shape index (κ2) is 10.9. The van der Waals surface area contributed by atoms with Gasteiger partial charge in [0.1, 0.15) is 0 Å². The van der Waals surface area contributed by atoms with Crippen molar-refractivity contribution in [2.75, 3.05) is 41.6 Å². The van der Waals surface area contributed by atoms with Crippen molar-refractivity contribution in [2.45, 2.75) is 63.5 Å². The summed E-state index contributed by atoms with van der Waals surface area (Å²) in [6, 6.07) is 12.8. The van der Waals surface area contributed by atoms with E-state index in [9.17, 15) is 21.9 Å². The summed E-state index contributed by atoms with van der Waals surface area (Å²) in [5.74, 6) is 0.122. The molecule has 4 rings (SSSR count). The molecule has 1 fully saturated rings. The van der Waals surface area contributed by atoms with E-state index >= 15 is 0 Å². The Labute approximate surface area is 222 Å². The quantitative estimate of drug-likeness (QED) is 0.538. The van der Waals surface area contributed by atoms with Crippen LogP contribution < -0.4 is 9.21 Å². The molecule has 10 heteroatoms. The average molecular weight is 550 g/mol. The fraction of sp³-hybridized carbons (Fsp3) is 0.556. The molecule has 204 valence electrons. The van der Waals surface area contributed by atoms with Crippen molar-refractivity contribution in [3.8, 4) is 0 Å². The Morgan fingerprint density at radius 3 is 2.19 bits per heavy atom. The van der Waals surface area contributed by atoms with Crippen LogP contribution in [0, 0.1) is 5.92 Å². The Balaban J connectivity index is 1.65. The Bertz CT molecular complexity index is 1300. The number of aliphatic hydroxyl groups is 1. The van der Waals surface area contributed by atoms with E-state index in [-0.39, 0.29) is 16.9 Å². The molecular weight excluding hydrogens is 510 g/mol. The van der Waals surface area contributed by atoms with E-state index in [1.165, 1.54) is 14.9 Å². The Morgan fingerprint density at radius 2 is 1.62 bits per heavy atom. The zero-order chi connectivity index (χ0) is 27.0. The van der Waals surface area contributed by atoms with Crippen LogP contribution in [0.15, 0.2) is 47.4 Å². The molecule has 2 heterocycles. The number of aryl methyl sites for hydroxylation is 1. The number of aliphatic hydroxyl groups excluding tert-OH is 1. The van der Waals surface area contributed by atoms with Gasteiger partial charge in [0.25, 0.3) is 10.0 Å². The molecule has 2 aromatic rings. The number of benzene rings is 2. The molecule has 0 spiro atoms. The van der Waals surface area contributed by atoms with Gasteiger partial charge in [0.15, 0.2) is 0 Å². The minimum absolute atomic E-state index is 0.122. The van der Waals surface area contributed by atoms with Gasteiger partial charge in [-0.3, -0.25) is 4.31 Å². The van der Waals surface area contributed by atoms with Crippen LogP contribution in [0.5, 0.6) is 0 Å². The highest BCUT2D eigenvalue weighted by Gasteiger charge is 2.34. The first-order valence-electron chi connectivity index (χ1n) is 13.1. The second-order valence-corrected chi connectivity index (χ2v) is 14.4. The largest absolute Gasteiger partial charge is 0.388 e. The van der Waals surface area contributed by atoms with E-state index in [0.717, 1.165) is 17.7 Å². The molecular formula is C27H39N3O5S2. The van der Waals surface area contributed by atoms with Crippen LogP contribution in [0.3, 0.4) is 0 Å². The molecule has 0 bridgehead atoms. The van der Waals surface area contributed by atoms with E-state index < -0.39 is 26.2 Å². The lowest BCUT2D eigenvalue weighted by Gasteiger charge is -2.43. The summed E-state index contributed by atoms with van der Waals surface area (Å²) in [5.41, 5.74) is 3.22. The van der Waals surface area contributed by atoms with Crippen molar-refractivity contribution in [1.29, 1.82) is 0 Å². The smallest absolute Gasteiger partial charge is 0.264 e. The fourth-order valence-corrected chi connectivity index (χ4v) is 7.86. The van der Waals surface area contributed by atoms with Gasteiger partial charge in [-0.1, -0.05) is 32.9 Å². The van der Waals surface area contributed by atoms with Gasteiger partial charge in [-0.2, -0.15) is 0 Å². The van der Waals surface area contributed by atoms with Crippen molar-refractivity contribution < 1.29 is 21.9 Å². The number of anilines is 2. The summed E-state index contributed by atoms with van der Waals surface area (Å²) >= 11 is 0. The minimum Gasteiger partial charge on any atom is -0.388 e. The molecule has 2 aliphatic rings. The third kappa shape index (κ3) is 5.97. The first-order chi connectivity index (χ1) is 17.4. The molecule has 0 radical (unpaired) electrons. The number of hydrogen-bond donors (Lipinski definition) is 1. The molecule has 8 nitrogen and oxygen atoms in total. The lowest BCUT2D eigenvalue weighted by Crippen LogP contribution is -2.48. The standard InChI is InChI=1S/C27H39N3O5S2/c1-5-21-6-8-23(9-7-21)30(19-20(2)3)37(34,35)24-10-11-26-25(18-24)27(31)14-17-29(26)22-12-15-28(16-13-22)36(4,32)33/h6-11,18,20,22,27,31H,5,12-17,19H2,1-4H3. The van der Waals surface area contributed by atoms with Crippen molar-refractivity contribution >= 4 is 31.4 Å². The molecule has 1 unspecified atom stereocenters. The topological polar surface area (TPSA) is 98.2 Å². The summed E-state index contributed by atoms with van der Waals surface area (Å²) in [4.78, 5) is 2.38. The Hall–Kier alpha value is -2.14. The molecule has 0 aliphatic carbocycles. The highest BCUT2D eigenvalue weighted by Crippen LogP contribution is 2.39. The number of rotatable bonds is 8. The maximum absolute atomic E-state index is 13.9. The number of sulfonamides is 2. The lowest BCUT2D eigenvalue weighted by atomic mass is 9.94. The molecule has 1 N–H and O–H groups in total. The van der Waals surface area contributed by atoms with Crippen molar-refractivity contribution in [3.63, 3.8) is 0 Å². The van der Waals surface area contributed by atoms with E-state index in [2.05, 4.69) is 11.8 Å². The van der Waals surface area contributed by atoms with Gasteiger partial charge in [0.2, 0.25) is 10.0 Å². The maximum atomic E-state index is 13.9. The van der Waals surface area contributed by atoms with Gasteiger partial charge in [0, 0.05) is 43.5 Å². The molecule has 2 aliphatic heterocycles. The van der Waals surface area contributed by atoms with Gasteiger partial charge >= 0.3 is 0 Å². The molecule has 0 saturated carbocycles. The van der Waals surface area contributed by atoms with Gasteiger partial charge < -0.3 is 10.0 Å². The third-order valence-corrected chi connectivity index (χ3v) is 10.5. The van der Waals surface area contributed by atoms with Crippen LogP contribution in [0.1, 0.15) is 57.3 Å². The normalized spacial score (nSPS) is 19.7. The van der Waals surface area contributed by atoms with Gasteiger partial charge in [-0.05, 0) is 67.5 Å². The van der Waals surface area contributed by atoms with Gasteiger partial charge in [-0.25, -0.2) is 21.1 Å². The van der Waals surface area contributed by atoms with Crippen molar-refractivity contribution in [2.24, 2.45) is 5.92 Å². The second-order valence-electron chi connectivity index (χ2n) is 10.6. The highest BCUT2D eigenvalue weighted by atomic mass is 32.2. The van der Waals surface area contributed by atoms with Crippen LogP contribution in [-0.4, -0.2) is 64.7 Å². The van der Waals surface area contributed by atoms with Crippen LogP contribution in [-0.2, 0) is 26.5 Å². The average Bonchev–Trinajstić information content (AvgIpc) is 2.87. The molecule has 1 saturated heterocycles. The van der Waals surface area contributed by atoms with E-state index in [4.69, 9.17) is 0 Å². The Kier molecular flexibility index (Phi) is 8.23. The van der Waals surface area contributed by atoms with E-state index in [1.807, 2.05) is 38.1 Å². The molecule has 0 aromatic heterocycles. The van der Waals surface area contributed by atoms with Crippen LogP contribution >= 0.6 is 0 Å². The highest BCUT2D eigenvalue weighted by molar-refractivity contribution is 7.92. The summed E-state index contributed by atoms with van der Waals surface area (Å²) in [7, 11) is -7.07. The monoisotopic (exact) mass is 549 g/mol. The predicted molar refractivity (Wildman–Crippen MR) is 148 cm³/mol. The Morgan fingerprint density at radius 1 is 0.973 bits per heavy atom. The summed E-state index contributed by atoms with van der Waals surface area (Å²) in [6.45, 7) is 7.97. The summed E-state index contributed by atoms with van der Waals surface area (Å²) in [6.07, 6.45) is 3.25.